The van der Waals surface area contributed by atoms with E-state index < -0.39 is 0 Å². The van der Waals surface area contributed by atoms with Gasteiger partial charge in [-0.1, -0.05) is 20.8 Å². The van der Waals surface area contributed by atoms with Crippen LogP contribution >= 0.6 is 0 Å². The highest BCUT2D eigenvalue weighted by molar-refractivity contribution is 5.27. The van der Waals surface area contributed by atoms with Gasteiger partial charge in [0.05, 0.1) is 6.61 Å². The number of rotatable bonds is 3. The monoisotopic (exact) mass is 249 g/mol. The predicted octanol–water partition coefficient (Wildman–Crippen LogP) is 2.61. The molecule has 4 nitrogen and oxygen atoms in total. The van der Waals surface area contributed by atoms with Crippen LogP contribution in [0.25, 0.3) is 0 Å². The van der Waals surface area contributed by atoms with E-state index in [2.05, 4.69) is 36.1 Å². The summed E-state index contributed by atoms with van der Waals surface area (Å²) >= 11 is 0. The molecular formula is C14H23N3O. The van der Waals surface area contributed by atoms with Crippen LogP contribution in [-0.2, 0) is 10.2 Å². The molecule has 0 saturated carbocycles. The summed E-state index contributed by atoms with van der Waals surface area (Å²) in [6.07, 6.45) is 6.21. The number of hydrogen-bond acceptors (Lipinski definition) is 4. The van der Waals surface area contributed by atoms with Crippen LogP contribution in [0.2, 0.25) is 0 Å². The van der Waals surface area contributed by atoms with Crippen molar-refractivity contribution in [2.75, 3.05) is 25.1 Å². The SMILES string of the molecule is CC(C)(C)c1cnc(NCC2CCCOC2)nc1. The summed E-state index contributed by atoms with van der Waals surface area (Å²) in [5.41, 5.74) is 1.27. The summed E-state index contributed by atoms with van der Waals surface area (Å²) in [5, 5.41) is 3.29. The summed E-state index contributed by atoms with van der Waals surface area (Å²) in [4.78, 5) is 8.73. The normalized spacial score (nSPS) is 20.7. The number of nitrogens with zero attached hydrogens (tertiary/aromatic N) is 2. The molecule has 0 aliphatic carbocycles. The molecule has 1 aromatic heterocycles. The highest BCUT2D eigenvalue weighted by atomic mass is 16.5. The Balaban J connectivity index is 1.86. The van der Waals surface area contributed by atoms with Gasteiger partial charge >= 0.3 is 0 Å². The molecule has 0 bridgehead atoms. The van der Waals surface area contributed by atoms with Crippen LogP contribution in [0.1, 0.15) is 39.2 Å². The third kappa shape index (κ3) is 3.67. The van der Waals surface area contributed by atoms with Gasteiger partial charge in [0.2, 0.25) is 5.95 Å². The smallest absolute Gasteiger partial charge is 0.222 e. The van der Waals surface area contributed by atoms with Gasteiger partial charge in [-0.2, -0.15) is 0 Å². The fraction of sp³-hybridized carbons (Fsp3) is 0.714. The molecule has 1 aliphatic rings. The van der Waals surface area contributed by atoms with Crippen LogP contribution in [0.3, 0.4) is 0 Å². The Morgan fingerprint density at radius 1 is 1.33 bits per heavy atom. The van der Waals surface area contributed by atoms with Crippen molar-refractivity contribution in [3.8, 4) is 0 Å². The minimum absolute atomic E-state index is 0.107. The summed E-state index contributed by atoms with van der Waals surface area (Å²) in [5.74, 6) is 1.30. The Kier molecular flexibility index (Phi) is 4.17. The number of anilines is 1. The molecule has 1 atom stereocenters. The predicted molar refractivity (Wildman–Crippen MR) is 72.8 cm³/mol. The molecule has 1 saturated heterocycles. The lowest BCUT2D eigenvalue weighted by atomic mass is 9.89. The molecule has 1 fully saturated rings. The standard InChI is InChI=1S/C14H23N3O/c1-14(2,3)12-8-16-13(17-9-12)15-7-11-5-4-6-18-10-11/h8-9,11H,4-7,10H2,1-3H3,(H,15,16,17). The lowest BCUT2D eigenvalue weighted by Crippen LogP contribution is -2.25. The van der Waals surface area contributed by atoms with Crippen molar-refractivity contribution in [1.29, 1.82) is 0 Å². The van der Waals surface area contributed by atoms with E-state index in [1.807, 2.05) is 12.4 Å². The molecule has 0 aromatic carbocycles. The molecule has 18 heavy (non-hydrogen) atoms. The van der Waals surface area contributed by atoms with Crippen LogP contribution in [0, 0.1) is 5.92 Å². The molecule has 4 heteroatoms. The van der Waals surface area contributed by atoms with Gasteiger partial charge in [-0.3, -0.25) is 0 Å². The van der Waals surface area contributed by atoms with Crippen LogP contribution in [0.15, 0.2) is 12.4 Å². The van der Waals surface area contributed by atoms with E-state index in [0.717, 1.165) is 31.7 Å². The first kappa shape index (κ1) is 13.3. The quantitative estimate of drug-likeness (QED) is 0.894. The molecule has 0 amide bonds. The minimum Gasteiger partial charge on any atom is -0.381 e. The average molecular weight is 249 g/mol. The molecule has 1 N–H and O–H groups in total. The van der Waals surface area contributed by atoms with Gasteiger partial charge in [-0.05, 0) is 29.7 Å². The molecule has 1 aromatic rings. The molecule has 1 unspecified atom stereocenters. The van der Waals surface area contributed by atoms with E-state index >= 15 is 0 Å². The second-order valence-corrected chi connectivity index (χ2v) is 6.01. The van der Waals surface area contributed by atoms with Crippen molar-refractivity contribution in [2.45, 2.75) is 39.0 Å². The lowest BCUT2D eigenvalue weighted by Gasteiger charge is -2.22. The number of nitrogens with one attached hydrogen (secondary N) is 1. The summed E-state index contributed by atoms with van der Waals surface area (Å²) in [6, 6.07) is 0. The molecule has 2 heterocycles. The zero-order valence-corrected chi connectivity index (χ0v) is 11.6. The van der Waals surface area contributed by atoms with Gasteiger partial charge in [-0.25, -0.2) is 9.97 Å². The topological polar surface area (TPSA) is 47.0 Å². The Bertz CT molecular complexity index is 364. The van der Waals surface area contributed by atoms with Gasteiger partial charge < -0.3 is 10.1 Å². The third-order valence-corrected chi connectivity index (χ3v) is 3.32. The molecule has 100 valence electrons. The first-order chi connectivity index (χ1) is 8.55. The fourth-order valence-corrected chi connectivity index (χ4v) is 2.01. The Morgan fingerprint density at radius 3 is 2.61 bits per heavy atom. The molecule has 2 rings (SSSR count). The first-order valence-corrected chi connectivity index (χ1v) is 6.70. The third-order valence-electron chi connectivity index (χ3n) is 3.32. The van der Waals surface area contributed by atoms with E-state index in [1.54, 1.807) is 0 Å². The maximum Gasteiger partial charge on any atom is 0.222 e. The van der Waals surface area contributed by atoms with Crippen molar-refractivity contribution in [3.63, 3.8) is 0 Å². The number of hydrogen-bond donors (Lipinski definition) is 1. The van der Waals surface area contributed by atoms with E-state index in [4.69, 9.17) is 4.74 Å². The zero-order valence-electron chi connectivity index (χ0n) is 11.6. The van der Waals surface area contributed by atoms with Crippen LogP contribution < -0.4 is 5.32 Å². The molecular weight excluding hydrogens is 226 g/mol. The Morgan fingerprint density at radius 2 is 2.06 bits per heavy atom. The van der Waals surface area contributed by atoms with Crippen molar-refractivity contribution < 1.29 is 4.74 Å². The van der Waals surface area contributed by atoms with E-state index in [0.29, 0.717) is 11.9 Å². The van der Waals surface area contributed by atoms with Crippen molar-refractivity contribution >= 4 is 5.95 Å². The minimum atomic E-state index is 0.107. The van der Waals surface area contributed by atoms with Gasteiger partial charge in [0.25, 0.3) is 0 Å². The maximum atomic E-state index is 5.45. The maximum absolute atomic E-state index is 5.45. The highest BCUT2D eigenvalue weighted by Gasteiger charge is 2.16. The van der Waals surface area contributed by atoms with E-state index in [1.165, 1.54) is 6.42 Å². The van der Waals surface area contributed by atoms with Crippen LogP contribution in [-0.4, -0.2) is 29.7 Å². The zero-order chi connectivity index (χ0) is 13.0. The van der Waals surface area contributed by atoms with Crippen LogP contribution in [0.4, 0.5) is 5.95 Å². The second-order valence-electron chi connectivity index (χ2n) is 6.01. The molecule has 0 radical (unpaired) electrons. The second kappa shape index (κ2) is 5.65. The van der Waals surface area contributed by atoms with E-state index in [-0.39, 0.29) is 5.41 Å². The van der Waals surface area contributed by atoms with E-state index in [9.17, 15) is 0 Å². The van der Waals surface area contributed by atoms with Crippen LogP contribution in [0.5, 0.6) is 0 Å². The largest absolute Gasteiger partial charge is 0.381 e. The summed E-state index contributed by atoms with van der Waals surface area (Å²) in [6.45, 7) is 9.16. The Hall–Kier alpha value is -1.16. The first-order valence-electron chi connectivity index (χ1n) is 6.70. The average Bonchev–Trinajstić information content (AvgIpc) is 2.37. The number of aromatic nitrogens is 2. The summed E-state index contributed by atoms with van der Waals surface area (Å²) in [7, 11) is 0. The van der Waals surface area contributed by atoms with Gasteiger partial charge in [-0.15, -0.1) is 0 Å². The van der Waals surface area contributed by atoms with Gasteiger partial charge in [0.15, 0.2) is 0 Å². The molecule has 0 spiro atoms. The van der Waals surface area contributed by atoms with Gasteiger partial charge in [0.1, 0.15) is 0 Å². The van der Waals surface area contributed by atoms with Crippen molar-refractivity contribution in [1.82, 2.24) is 9.97 Å². The van der Waals surface area contributed by atoms with Crippen molar-refractivity contribution in [3.05, 3.63) is 18.0 Å². The molecule has 1 aliphatic heterocycles. The van der Waals surface area contributed by atoms with Crippen molar-refractivity contribution in [2.24, 2.45) is 5.92 Å². The fourth-order valence-electron chi connectivity index (χ4n) is 2.01. The summed E-state index contributed by atoms with van der Waals surface area (Å²) < 4.78 is 5.45. The number of ether oxygens (including phenoxy) is 1. The highest BCUT2D eigenvalue weighted by Crippen LogP contribution is 2.20. The Labute approximate surface area is 109 Å². The van der Waals surface area contributed by atoms with Gasteiger partial charge in [0, 0.05) is 25.5 Å². The lowest BCUT2D eigenvalue weighted by molar-refractivity contribution is 0.0594.